The van der Waals surface area contributed by atoms with E-state index in [0.29, 0.717) is 12.8 Å². The van der Waals surface area contributed by atoms with Crippen molar-refractivity contribution in [3.63, 3.8) is 0 Å². The molecule has 1 unspecified atom stereocenters. The number of carbonyl (C=O) groups is 2. The fourth-order valence-electron chi connectivity index (χ4n) is 0.453. The second-order valence-corrected chi connectivity index (χ2v) is 3.15. The largest absolute Gasteiger partial charge is 0.480 e. The molecule has 0 saturated heterocycles. The van der Waals surface area contributed by atoms with Crippen LogP contribution in [0.15, 0.2) is 0 Å². The number of alkyl halides is 1. The summed E-state index contributed by atoms with van der Waals surface area (Å²) >= 11 is 2.92. The van der Waals surface area contributed by atoms with Crippen molar-refractivity contribution in [2.45, 2.75) is 24.6 Å². The first-order valence-corrected chi connectivity index (χ1v) is 3.82. The second-order valence-electron chi connectivity index (χ2n) is 2.05. The second kappa shape index (κ2) is 4.44. The fraction of sp³-hybridized carbons (Fsp3) is 0.667. The van der Waals surface area contributed by atoms with Crippen molar-refractivity contribution in [1.82, 2.24) is 0 Å². The molecule has 4 heteroatoms. The van der Waals surface area contributed by atoms with Crippen molar-refractivity contribution < 1.29 is 14.7 Å². The zero-order chi connectivity index (χ0) is 8.15. The van der Waals surface area contributed by atoms with Crippen molar-refractivity contribution in [3.8, 4) is 0 Å². The van der Waals surface area contributed by atoms with E-state index in [4.69, 9.17) is 5.11 Å². The summed E-state index contributed by atoms with van der Waals surface area (Å²) in [7, 11) is 0. The lowest BCUT2D eigenvalue weighted by atomic mass is 10.2. The minimum absolute atomic E-state index is 0.0192. The molecular formula is C6H9BrO3. The average Bonchev–Trinajstić information content (AvgIpc) is 1.82. The molecule has 1 N–H and O–H groups in total. The van der Waals surface area contributed by atoms with E-state index in [1.54, 1.807) is 0 Å². The molecule has 58 valence electrons. The smallest absolute Gasteiger partial charge is 0.317 e. The van der Waals surface area contributed by atoms with Crippen LogP contribution in [0.1, 0.15) is 19.8 Å². The van der Waals surface area contributed by atoms with Gasteiger partial charge in [0.2, 0.25) is 0 Å². The third-order valence-corrected chi connectivity index (χ3v) is 1.87. The first kappa shape index (κ1) is 9.62. The Hall–Kier alpha value is -0.380. The Morgan fingerprint density at radius 3 is 2.40 bits per heavy atom. The molecule has 0 aliphatic heterocycles. The maximum absolute atomic E-state index is 10.4. The van der Waals surface area contributed by atoms with Gasteiger partial charge in [-0.1, -0.05) is 15.9 Å². The molecule has 1 atom stereocenters. The molecule has 0 radical (unpaired) electrons. The van der Waals surface area contributed by atoms with Gasteiger partial charge in [0.1, 0.15) is 10.6 Å². The minimum Gasteiger partial charge on any atom is -0.480 e. The molecular weight excluding hydrogens is 200 g/mol. The summed E-state index contributed by atoms with van der Waals surface area (Å²) in [4.78, 5) is 19.9. The lowest BCUT2D eigenvalue weighted by Gasteiger charge is -1.99. The van der Waals surface area contributed by atoms with Gasteiger partial charge in [0.25, 0.3) is 0 Å². The van der Waals surface area contributed by atoms with Gasteiger partial charge in [0.05, 0.1) is 0 Å². The zero-order valence-electron chi connectivity index (χ0n) is 5.63. The number of hydrogen-bond acceptors (Lipinski definition) is 2. The standard InChI is InChI=1S/C6H9BrO3/c1-4(8)2-3-5(7)6(9)10/h5H,2-3H2,1H3,(H,9,10). The summed E-state index contributed by atoms with van der Waals surface area (Å²) < 4.78 is 0. The Kier molecular flexibility index (Phi) is 4.27. The number of carboxylic acid groups (broad SMARTS) is 1. The van der Waals surface area contributed by atoms with Gasteiger partial charge in [0, 0.05) is 6.42 Å². The van der Waals surface area contributed by atoms with Crippen LogP contribution in [0, 0.1) is 0 Å². The van der Waals surface area contributed by atoms with Crippen LogP contribution < -0.4 is 0 Å². The highest BCUT2D eigenvalue weighted by Crippen LogP contribution is 2.07. The van der Waals surface area contributed by atoms with Gasteiger partial charge in [-0.3, -0.25) is 4.79 Å². The van der Waals surface area contributed by atoms with Gasteiger partial charge in [-0.15, -0.1) is 0 Å². The molecule has 0 aromatic heterocycles. The highest BCUT2D eigenvalue weighted by Gasteiger charge is 2.12. The average molecular weight is 209 g/mol. The monoisotopic (exact) mass is 208 g/mol. The highest BCUT2D eigenvalue weighted by atomic mass is 79.9. The molecule has 0 bridgehead atoms. The Morgan fingerprint density at radius 1 is 1.60 bits per heavy atom. The Morgan fingerprint density at radius 2 is 2.10 bits per heavy atom. The van der Waals surface area contributed by atoms with Crippen LogP contribution in [0.2, 0.25) is 0 Å². The van der Waals surface area contributed by atoms with Crippen LogP contribution in [-0.4, -0.2) is 21.7 Å². The van der Waals surface area contributed by atoms with Crippen LogP contribution in [0.25, 0.3) is 0 Å². The van der Waals surface area contributed by atoms with Gasteiger partial charge in [-0.2, -0.15) is 0 Å². The number of ketones is 1. The molecule has 0 spiro atoms. The summed E-state index contributed by atoms with van der Waals surface area (Å²) in [6.07, 6.45) is 0.687. The van der Waals surface area contributed by atoms with Crippen LogP contribution >= 0.6 is 15.9 Å². The number of aliphatic carboxylic acids is 1. The molecule has 0 aliphatic rings. The lowest BCUT2D eigenvalue weighted by molar-refractivity contribution is -0.136. The predicted molar refractivity (Wildman–Crippen MR) is 40.3 cm³/mol. The lowest BCUT2D eigenvalue weighted by Crippen LogP contribution is -2.13. The van der Waals surface area contributed by atoms with E-state index >= 15 is 0 Å². The maximum atomic E-state index is 10.4. The quantitative estimate of drug-likeness (QED) is 0.707. The molecule has 0 aromatic carbocycles. The molecule has 0 fully saturated rings. The van der Waals surface area contributed by atoms with Crippen molar-refractivity contribution in [2.24, 2.45) is 0 Å². The Bertz CT molecular complexity index is 144. The molecule has 0 amide bonds. The molecule has 0 aliphatic carbocycles. The van der Waals surface area contributed by atoms with E-state index in [-0.39, 0.29) is 5.78 Å². The first-order valence-electron chi connectivity index (χ1n) is 2.90. The summed E-state index contributed by atoms with van der Waals surface area (Å²) in [5.41, 5.74) is 0. The molecule has 3 nitrogen and oxygen atoms in total. The van der Waals surface area contributed by atoms with E-state index < -0.39 is 10.8 Å². The SMILES string of the molecule is CC(=O)CCC(Br)C(=O)O. The normalized spacial score (nSPS) is 12.6. The number of halogens is 1. The maximum Gasteiger partial charge on any atom is 0.317 e. The number of carboxylic acids is 1. The van der Waals surface area contributed by atoms with E-state index in [9.17, 15) is 9.59 Å². The van der Waals surface area contributed by atoms with Crippen LogP contribution in [0.3, 0.4) is 0 Å². The molecule has 0 rings (SSSR count). The Balaban J connectivity index is 3.49. The van der Waals surface area contributed by atoms with Gasteiger partial charge in [-0.05, 0) is 13.3 Å². The van der Waals surface area contributed by atoms with E-state index in [1.807, 2.05) is 0 Å². The van der Waals surface area contributed by atoms with Gasteiger partial charge >= 0.3 is 5.97 Å². The van der Waals surface area contributed by atoms with Crippen LogP contribution in [0.5, 0.6) is 0 Å². The molecule has 0 saturated carbocycles. The molecule has 0 aromatic rings. The molecule has 10 heavy (non-hydrogen) atoms. The van der Waals surface area contributed by atoms with E-state index in [2.05, 4.69) is 15.9 Å². The number of Topliss-reactive ketones (excluding diaryl/α,β-unsaturated/α-hetero) is 1. The van der Waals surface area contributed by atoms with Gasteiger partial charge in [-0.25, -0.2) is 0 Å². The first-order chi connectivity index (χ1) is 4.54. The van der Waals surface area contributed by atoms with Crippen molar-refractivity contribution >= 4 is 27.7 Å². The number of hydrogen-bond donors (Lipinski definition) is 1. The Labute approximate surface area is 67.5 Å². The summed E-state index contributed by atoms with van der Waals surface area (Å²) in [6, 6.07) is 0. The minimum atomic E-state index is -0.916. The third-order valence-electron chi connectivity index (χ3n) is 1.02. The van der Waals surface area contributed by atoms with Crippen molar-refractivity contribution in [1.29, 1.82) is 0 Å². The highest BCUT2D eigenvalue weighted by molar-refractivity contribution is 9.10. The predicted octanol–water partition coefficient (Wildman–Crippen LogP) is 1.20. The van der Waals surface area contributed by atoms with Gasteiger partial charge in [0.15, 0.2) is 0 Å². The molecule has 0 heterocycles. The third kappa shape index (κ3) is 4.49. The number of rotatable bonds is 4. The zero-order valence-corrected chi connectivity index (χ0v) is 7.22. The summed E-state index contributed by atoms with van der Waals surface area (Å²) in [5, 5.41) is 8.34. The topological polar surface area (TPSA) is 54.4 Å². The van der Waals surface area contributed by atoms with Gasteiger partial charge < -0.3 is 9.90 Å². The number of carbonyl (C=O) groups excluding carboxylic acids is 1. The van der Waals surface area contributed by atoms with Crippen molar-refractivity contribution in [2.75, 3.05) is 0 Å². The van der Waals surface area contributed by atoms with Crippen molar-refractivity contribution in [3.05, 3.63) is 0 Å². The van der Waals surface area contributed by atoms with Crippen LogP contribution in [-0.2, 0) is 9.59 Å². The fourth-order valence-corrected chi connectivity index (χ4v) is 0.682. The van der Waals surface area contributed by atoms with E-state index in [1.165, 1.54) is 6.92 Å². The summed E-state index contributed by atoms with van der Waals surface area (Å²) in [6.45, 7) is 1.45. The van der Waals surface area contributed by atoms with E-state index in [0.717, 1.165) is 0 Å². The van der Waals surface area contributed by atoms with Crippen LogP contribution in [0.4, 0.5) is 0 Å². The summed E-state index contributed by atoms with van der Waals surface area (Å²) in [5.74, 6) is -0.896.